The van der Waals surface area contributed by atoms with E-state index in [1.54, 1.807) is 48.8 Å². The molecular formula is C37H28N6O8S2. The van der Waals surface area contributed by atoms with Gasteiger partial charge in [-0.25, -0.2) is 11.7 Å². The zero-order valence-corrected chi connectivity index (χ0v) is 29.0. The van der Waals surface area contributed by atoms with Crippen LogP contribution in [0.1, 0.15) is 22.3 Å². The highest BCUT2D eigenvalue weighted by atomic mass is 32.2. The summed E-state index contributed by atoms with van der Waals surface area (Å²) in [6.07, 6.45) is 8.34. The fourth-order valence-electron chi connectivity index (χ4n) is 7.16. The van der Waals surface area contributed by atoms with Crippen molar-refractivity contribution in [2.24, 2.45) is 11.7 Å². The molecule has 2 unspecified atom stereocenters. The maximum absolute atomic E-state index is 12.8. The molecule has 0 spiro atoms. The molecule has 9 rings (SSSR count). The first-order valence-corrected chi connectivity index (χ1v) is 19.1. The van der Waals surface area contributed by atoms with Gasteiger partial charge < -0.3 is 9.47 Å². The Morgan fingerprint density at radius 1 is 0.642 bits per heavy atom. The quantitative estimate of drug-likeness (QED) is 0.129. The Labute approximate surface area is 302 Å². The molecule has 4 aromatic carbocycles. The van der Waals surface area contributed by atoms with Crippen LogP contribution in [0.5, 0.6) is 11.5 Å². The third-order valence-corrected chi connectivity index (χ3v) is 11.3. The highest BCUT2D eigenvalue weighted by Crippen LogP contribution is 2.46. The highest BCUT2D eigenvalue weighted by molar-refractivity contribution is 7.86. The van der Waals surface area contributed by atoms with E-state index < -0.39 is 42.5 Å². The number of ether oxygens (including phenoxy) is 2. The number of pyridine rings is 2. The molecule has 53 heavy (non-hydrogen) atoms. The number of aromatic nitrogens is 2. The molecule has 6 aromatic rings. The average Bonchev–Trinajstić information content (AvgIpc) is 3.48. The molecule has 14 nitrogen and oxygen atoms in total. The molecule has 2 atom stereocenters. The van der Waals surface area contributed by atoms with Crippen LogP contribution in [0.15, 0.2) is 107 Å². The van der Waals surface area contributed by atoms with E-state index in [2.05, 4.69) is 9.97 Å². The highest BCUT2D eigenvalue weighted by Gasteiger charge is 2.33. The van der Waals surface area contributed by atoms with Gasteiger partial charge in [-0.3, -0.25) is 29.1 Å². The van der Waals surface area contributed by atoms with Crippen molar-refractivity contribution < 1.29 is 35.4 Å². The van der Waals surface area contributed by atoms with E-state index >= 15 is 0 Å². The maximum Gasteiger partial charge on any atom is 0.298 e. The van der Waals surface area contributed by atoms with Gasteiger partial charge in [0.05, 0.1) is 22.4 Å². The number of nitrogens with zero attached hydrogens (tertiary/aromatic N) is 4. The van der Waals surface area contributed by atoms with Gasteiger partial charge in [-0.2, -0.15) is 16.8 Å². The molecule has 2 aliphatic heterocycles. The first-order chi connectivity index (χ1) is 25.3. The first kappa shape index (κ1) is 33.0. The van der Waals surface area contributed by atoms with Crippen molar-refractivity contribution >= 4 is 65.6 Å². The summed E-state index contributed by atoms with van der Waals surface area (Å²) >= 11 is 0. The molecule has 1 aliphatic carbocycles. The maximum atomic E-state index is 12.8. The van der Waals surface area contributed by atoms with Crippen LogP contribution in [-0.4, -0.2) is 48.4 Å². The van der Waals surface area contributed by atoms with Gasteiger partial charge in [-0.1, -0.05) is 48.6 Å². The summed E-state index contributed by atoms with van der Waals surface area (Å²) in [5, 5.41) is 4.35. The SMILES string of the molecule is NN1c2c(ccc3cccnc23)C=CC1Oc1cc2c(cc1S(=O)(=O)O)-c1cc(S(=O)(=O)O)c(OC3C=Cc4ccc5cccnc5c4N3N)cc1C2. The molecule has 6 N–H and O–H groups in total. The zero-order valence-electron chi connectivity index (χ0n) is 27.4. The van der Waals surface area contributed by atoms with E-state index in [9.17, 15) is 25.9 Å². The molecule has 3 aliphatic rings. The normalized spacial score (nSPS) is 17.4. The number of hydrogen-bond acceptors (Lipinski definition) is 12. The molecule has 0 amide bonds. The number of rotatable bonds is 6. The summed E-state index contributed by atoms with van der Waals surface area (Å²) in [5.74, 6) is 12.7. The molecule has 2 aromatic heterocycles. The molecule has 0 saturated heterocycles. The molecule has 0 fully saturated rings. The van der Waals surface area contributed by atoms with Crippen LogP contribution in [0.3, 0.4) is 0 Å². The van der Waals surface area contributed by atoms with Crippen LogP contribution in [0, 0.1) is 0 Å². The van der Waals surface area contributed by atoms with Gasteiger partial charge in [0.2, 0.25) is 12.5 Å². The van der Waals surface area contributed by atoms with Crippen molar-refractivity contribution in [3.8, 4) is 22.6 Å². The molecule has 0 radical (unpaired) electrons. The van der Waals surface area contributed by atoms with Crippen molar-refractivity contribution in [2.45, 2.75) is 28.7 Å². The topological polar surface area (TPSA) is 211 Å². The van der Waals surface area contributed by atoms with E-state index in [1.807, 2.05) is 36.4 Å². The van der Waals surface area contributed by atoms with E-state index in [1.165, 1.54) is 34.3 Å². The number of hydrogen-bond donors (Lipinski definition) is 4. The van der Waals surface area contributed by atoms with E-state index in [-0.39, 0.29) is 17.9 Å². The second kappa shape index (κ2) is 11.8. The summed E-state index contributed by atoms with van der Waals surface area (Å²) in [7, 11) is -9.76. The monoisotopic (exact) mass is 748 g/mol. The Kier molecular flexibility index (Phi) is 7.36. The van der Waals surface area contributed by atoms with Crippen LogP contribution in [-0.2, 0) is 26.7 Å². The lowest BCUT2D eigenvalue weighted by molar-refractivity contribution is 0.235. The number of nitrogens with two attached hydrogens (primary N) is 2. The lowest BCUT2D eigenvalue weighted by atomic mass is 10.0. The van der Waals surface area contributed by atoms with Gasteiger partial charge in [-0.15, -0.1) is 0 Å². The van der Waals surface area contributed by atoms with Crippen molar-refractivity contribution in [3.05, 3.63) is 120 Å². The molecule has 16 heteroatoms. The molecule has 0 bridgehead atoms. The summed E-state index contributed by atoms with van der Waals surface area (Å²) < 4.78 is 84.2. The van der Waals surface area contributed by atoms with Gasteiger partial charge >= 0.3 is 0 Å². The van der Waals surface area contributed by atoms with Crippen LogP contribution < -0.4 is 31.2 Å². The lowest BCUT2D eigenvalue weighted by Gasteiger charge is -2.32. The first-order valence-electron chi connectivity index (χ1n) is 16.2. The summed E-state index contributed by atoms with van der Waals surface area (Å²) in [5.41, 5.74) is 5.67. The average molecular weight is 749 g/mol. The lowest BCUT2D eigenvalue weighted by Crippen LogP contribution is -2.45. The smallest absolute Gasteiger partial charge is 0.298 e. The number of hydrazine groups is 2. The Balaban J connectivity index is 1.08. The predicted molar refractivity (Wildman–Crippen MR) is 198 cm³/mol. The summed E-state index contributed by atoms with van der Waals surface area (Å²) in [6, 6.07) is 20.3. The van der Waals surface area contributed by atoms with E-state index in [0.717, 1.165) is 21.9 Å². The van der Waals surface area contributed by atoms with Crippen LogP contribution >= 0.6 is 0 Å². The molecule has 4 heterocycles. The second-order valence-corrected chi connectivity index (χ2v) is 15.5. The predicted octanol–water partition coefficient (Wildman–Crippen LogP) is 5.07. The summed E-state index contributed by atoms with van der Waals surface area (Å²) in [4.78, 5) is 7.82. The van der Waals surface area contributed by atoms with Crippen molar-refractivity contribution in [2.75, 3.05) is 10.0 Å². The van der Waals surface area contributed by atoms with Crippen molar-refractivity contribution in [3.63, 3.8) is 0 Å². The molecule has 0 saturated carbocycles. The number of benzene rings is 4. The van der Waals surface area contributed by atoms with E-state index in [0.29, 0.717) is 44.7 Å². The molecular weight excluding hydrogens is 721 g/mol. The van der Waals surface area contributed by atoms with Crippen LogP contribution in [0.4, 0.5) is 11.4 Å². The van der Waals surface area contributed by atoms with Gasteiger partial charge in [0.25, 0.3) is 20.2 Å². The fraction of sp³-hybridized carbons (Fsp3) is 0.0811. The minimum atomic E-state index is -4.88. The van der Waals surface area contributed by atoms with Crippen molar-refractivity contribution in [1.82, 2.24) is 9.97 Å². The van der Waals surface area contributed by atoms with Gasteiger partial charge in [0, 0.05) is 34.3 Å². The van der Waals surface area contributed by atoms with Gasteiger partial charge in [0.15, 0.2) is 0 Å². The van der Waals surface area contributed by atoms with Crippen LogP contribution in [0.25, 0.3) is 45.1 Å². The van der Waals surface area contributed by atoms with Crippen LogP contribution in [0.2, 0.25) is 0 Å². The minimum absolute atomic E-state index is 0.183. The number of fused-ring (bicyclic) bond motifs is 9. The summed E-state index contributed by atoms with van der Waals surface area (Å²) in [6.45, 7) is 0. The van der Waals surface area contributed by atoms with Gasteiger partial charge in [0.1, 0.15) is 21.3 Å². The Morgan fingerprint density at radius 2 is 1.08 bits per heavy atom. The fourth-order valence-corrected chi connectivity index (χ4v) is 8.41. The Bertz CT molecular complexity index is 2650. The zero-order chi connectivity index (χ0) is 36.8. The third kappa shape index (κ3) is 5.47. The van der Waals surface area contributed by atoms with Crippen molar-refractivity contribution in [1.29, 1.82) is 0 Å². The Hall–Kier alpha value is -5.88. The standard InChI is InChI=1S/C37H28N6O8S2/c38-42-32(11-9-22-7-5-20-3-1-13-40-34(20)36(22)42)50-28-16-24-15-25-17-29(31(53(47,48)49)19-27(25)26(24)18-30(28)52(44,45)46)51-33-12-10-23-8-6-21-4-2-14-41-35(21)37(23)43(33)39/h1-14,16-19,32-33H,15,38-39H2,(H,44,45,46)(H,47,48,49). The second-order valence-electron chi connectivity index (χ2n) is 12.7. The minimum Gasteiger partial charge on any atom is -0.464 e. The van der Waals surface area contributed by atoms with E-state index in [4.69, 9.17) is 21.2 Å². The largest absolute Gasteiger partial charge is 0.464 e. The molecule has 266 valence electrons. The van der Waals surface area contributed by atoms with Gasteiger partial charge in [-0.05, 0) is 77.2 Å². The Morgan fingerprint density at radius 3 is 1.49 bits per heavy atom. The number of anilines is 2. The third-order valence-electron chi connectivity index (χ3n) is 9.57.